The number of hydrogen-bond acceptors (Lipinski definition) is 5. The minimum Gasteiger partial charge on any atom is -0.252 e. The van der Waals surface area contributed by atoms with E-state index in [1.54, 1.807) is 24.4 Å². The molecule has 3 rings (SSSR count). The van der Waals surface area contributed by atoms with E-state index in [4.69, 9.17) is 5.26 Å². The topological polar surface area (TPSA) is 80.3 Å². The van der Waals surface area contributed by atoms with Crippen LogP contribution in [-0.2, 0) is 0 Å². The normalized spacial score (nSPS) is 10.2. The number of aromatic nitrogens is 5. The average molecular weight is 262 g/mol. The van der Waals surface area contributed by atoms with Gasteiger partial charge in [0.25, 0.3) is 0 Å². The molecule has 0 saturated carbocycles. The third kappa shape index (κ3) is 2.24. The van der Waals surface area contributed by atoms with Gasteiger partial charge in [0.2, 0.25) is 5.82 Å². The third-order valence-corrected chi connectivity index (χ3v) is 2.76. The number of pyridine rings is 1. The zero-order valence-corrected chi connectivity index (χ0v) is 10.7. The van der Waals surface area contributed by atoms with Crippen LogP contribution in [0.15, 0.2) is 42.6 Å². The second-order valence-electron chi connectivity index (χ2n) is 4.29. The highest BCUT2D eigenvalue weighted by Crippen LogP contribution is 2.13. The van der Waals surface area contributed by atoms with Crippen LogP contribution in [0.25, 0.3) is 17.2 Å². The molecular formula is C14H10N6. The molecular weight excluding hydrogens is 252 g/mol. The zero-order chi connectivity index (χ0) is 13.9. The molecule has 0 aliphatic heterocycles. The lowest BCUT2D eigenvalue weighted by atomic mass is 10.2. The van der Waals surface area contributed by atoms with Gasteiger partial charge in [-0.3, -0.25) is 4.98 Å². The molecule has 0 spiro atoms. The second kappa shape index (κ2) is 4.90. The van der Waals surface area contributed by atoms with Crippen molar-refractivity contribution in [3.05, 3.63) is 53.7 Å². The summed E-state index contributed by atoms with van der Waals surface area (Å²) < 4.78 is 0. The maximum atomic E-state index is 8.89. The van der Waals surface area contributed by atoms with Crippen LogP contribution in [0.3, 0.4) is 0 Å². The smallest absolute Gasteiger partial charge is 0.223 e. The summed E-state index contributed by atoms with van der Waals surface area (Å²) >= 11 is 0. The first-order valence-electron chi connectivity index (χ1n) is 6.00. The summed E-state index contributed by atoms with van der Waals surface area (Å²) in [6.45, 7) is 1.97. The van der Waals surface area contributed by atoms with Gasteiger partial charge in [-0.15, -0.1) is 15.0 Å². The summed E-state index contributed by atoms with van der Waals surface area (Å²) in [6.07, 6.45) is 1.76. The Hall–Kier alpha value is -3.07. The molecule has 0 aliphatic carbocycles. The summed E-state index contributed by atoms with van der Waals surface area (Å²) in [7, 11) is 0. The highest BCUT2D eigenvalue weighted by Gasteiger charge is 2.08. The zero-order valence-electron chi connectivity index (χ0n) is 10.7. The van der Waals surface area contributed by atoms with E-state index in [2.05, 4.69) is 26.5 Å². The fraction of sp³-hybridized carbons (Fsp3) is 0.0714. The molecule has 96 valence electrons. The van der Waals surface area contributed by atoms with Crippen molar-refractivity contribution in [2.75, 3.05) is 0 Å². The Bertz CT molecular complexity index is 782. The molecule has 0 N–H and O–H groups in total. The Kier molecular flexibility index (Phi) is 2.94. The molecule has 0 aliphatic rings. The Morgan fingerprint density at radius 3 is 2.85 bits per heavy atom. The quantitative estimate of drug-likeness (QED) is 0.704. The number of hydrogen-bond donors (Lipinski definition) is 0. The SMILES string of the molecule is Cc1ccc(-c2nnn(-c3cccc(C#N)c3)n2)nc1. The van der Waals surface area contributed by atoms with E-state index in [9.17, 15) is 0 Å². The van der Waals surface area contributed by atoms with Crippen molar-refractivity contribution in [3.8, 4) is 23.3 Å². The van der Waals surface area contributed by atoms with Crippen LogP contribution in [0.4, 0.5) is 0 Å². The van der Waals surface area contributed by atoms with Crippen molar-refractivity contribution < 1.29 is 0 Å². The molecule has 0 fully saturated rings. The van der Waals surface area contributed by atoms with Gasteiger partial charge in [-0.25, -0.2) is 0 Å². The maximum absolute atomic E-state index is 8.89. The summed E-state index contributed by atoms with van der Waals surface area (Å²) in [6, 6.07) is 12.9. The standard InChI is InChI=1S/C14H10N6/c1-10-5-6-13(16-9-10)14-17-19-20(18-14)12-4-2-3-11(7-12)8-15/h2-7,9H,1H3. The summed E-state index contributed by atoms with van der Waals surface area (Å²) in [5.74, 6) is 0.451. The molecule has 2 heterocycles. The summed E-state index contributed by atoms with van der Waals surface area (Å²) in [5.41, 5.74) is 2.98. The predicted molar refractivity (Wildman–Crippen MR) is 71.8 cm³/mol. The predicted octanol–water partition coefficient (Wildman–Crippen LogP) is 1.90. The van der Waals surface area contributed by atoms with Crippen LogP contribution in [0.2, 0.25) is 0 Å². The molecule has 0 atom stereocenters. The van der Waals surface area contributed by atoms with E-state index in [1.807, 2.05) is 25.1 Å². The Labute approximate surface area is 115 Å². The third-order valence-electron chi connectivity index (χ3n) is 2.76. The van der Waals surface area contributed by atoms with Gasteiger partial charge < -0.3 is 0 Å². The van der Waals surface area contributed by atoms with Gasteiger partial charge in [-0.1, -0.05) is 12.1 Å². The lowest BCUT2D eigenvalue weighted by Gasteiger charge is -1.98. The number of nitriles is 1. The first-order chi connectivity index (χ1) is 9.76. The number of benzene rings is 1. The average Bonchev–Trinajstić information content (AvgIpc) is 2.98. The molecule has 2 aromatic heterocycles. The number of aryl methyl sites for hydroxylation is 1. The lowest BCUT2D eigenvalue weighted by Crippen LogP contribution is -1.99. The number of rotatable bonds is 2. The Balaban J connectivity index is 1.97. The molecule has 0 amide bonds. The van der Waals surface area contributed by atoms with Crippen LogP contribution in [0, 0.1) is 18.3 Å². The Morgan fingerprint density at radius 2 is 2.10 bits per heavy atom. The molecule has 0 radical (unpaired) electrons. The van der Waals surface area contributed by atoms with Gasteiger partial charge in [-0.2, -0.15) is 5.26 Å². The summed E-state index contributed by atoms with van der Waals surface area (Å²) in [4.78, 5) is 5.65. The van der Waals surface area contributed by atoms with Gasteiger partial charge in [0.1, 0.15) is 5.69 Å². The van der Waals surface area contributed by atoms with E-state index in [-0.39, 0.29) is 0 Å². The van der Waals surface area contributed by atoms with Crippen LogP contribution in [0.5, 0.6) is 0 Å². The van der Waals surface area contributed by atoms with Crippen molar-refractivity contribution in [3.63, 3.8) is 0 Å². The monoisotopic (exact) mass is 262 g/mol. The molecule has 1 aromatic carbocycles. The molecule has 6 heteroatoms. The number of tetrazole rings is 1. The first kappa shape index (κ1) is 12.0. The maximum Gasteiger partial charge on any atom is 0.223 e. The van der Waals surface area contributed by atoms with Crippen LogP contribution in [-0.4, -0.2) is 25.2 Å². The van der Waals surface area contributed by atoms with Gasteiger partial charge in [0, 0.05) is 6.20 Å². The van der Waals surface area contributed by atoms with E-state index in [0.717, 1.165) is 5.56 Å². The highest BCUT2D eigenvalue weighted by atomic mass is 15.6. The largest absolute Gasteiger partial charge is 0.252 e. The molecule has 20 heavy (non-hydrogen) atoms. The first-order valence-corrected chi connectivity index (χ1v) is 6.00. The molecule has 3 aromatic rings. The number of nitrogens with zero attached hydrogens (tertiary/aromatic N) is 6. The fourth-order valence-corrected chi connectivity index (χ4v) is 1.73. The second-order valence-corrected chi connectivity index (χ2v) is 4.29. The van der Waals surface area contributed by atoms with Gasteiger partial charge >= 0.3 is 0 Å². The van der Waals surface area contributed by atoms with Gasteiger partial charge in [-0.05, 0) is 42.0 Å². The van der Waals surface area contributed by atoms with E-state index in [0.29, 0.717) is 22.8 Å². The van der Waals surface area contributed by atoms with Gasteiger partial charge in [0.15, 0.2) is 0 Å². The van der Waals surface area contributed by atoms with Crippen molar-refractivity contribution in [1.82, 2.24) is 25.2 Å². The lowest BCUT2D eigenvalue weighted by molar-refractivity contribution is 0.720. The van der Waals surface area contributed by atoms with E-state index in [1.165, 1.54) is 4.80 Å². The van der Waals surface area contributed by atoms with Crippen molar-refractivity contribution in [1.29, 1.82) is 5.26 Å². The van der Waals surface area contributed by atoms with Crippen LogP contribution < -0.4 is 0 Å². The van der Waals surface area contributed by atoms with E-state index < -0.39 is 0 Å². The van der Waals surface area contributed by atoms with Gasteiger partial charge in [0.05, 0.1) is 17.3 Å². The fourth-order valence-electron chi connectivity index (χ4n) is 1.73. The van der Waals surface area contributed by atoms with Crippen molar-refractivity contribution in [2.24, 2.45) is 0 Å². The highest BCUT2D eigenvalue weighted by molar-refractivity contribution is 5.48. The minimum atomic E-state index is 0.451. The summed E-state index contributed by atoms with van der Waals surface area (Å²) in [5, 5.41) is 21.1. The molecule has 0 bridgehead atoms. The molecule has 6 nitrogen and oxygen atoms in total. The van der Waals surface area contributed by atoms with E-state index >= 15 is 0 Å². The van der Waals surface area contributed by atoms with Crippen molar-refractivity contribution >= 4 is 0 Å². The van der Waals surface area contributed by atoms with Crippen LogP contribution >= 0.6 is 0 Å². The van der Waals surface area contributed by atoms with Crippen LogP contribution in [0.1, 0.15) is 11.1 Å². The molecule has 0 saturated heterocycles. The van der Waals surface area contributed by atoms with Crippen molar-refractivity contribution in [2.45, 2.75) is 6.92 Å². The Morgan fingerprint density at radius 1 is 1.20 bits per heavy atom. The minimum absolute atomic E-state index is 0.451. The molecule has 0 unspecified atom stereocenters.